The Bertz CT molecular complexity index is 3590. The standard InChI is InChI=1S/C67H70N4O10/c1-42-11-8-9-21-67(42)22-18-56(80-44(3)74)33-55(77)35-62(50-30-63(78)66(64(31-50)79-4)81-57-27-46(26-54(76)34-57)25-45-12-6-5-7-13-45)70-39-59-49(41-72)16-17-61(60(59)40-70)71(24-20-43(2)73)65-32-48(19-23-69-65)58(47-14-10-15-53(75)28-47)29-51-37-68-38-52(51)36-67/h5-17,19,21,26-28,30-32,34,37-40,42,56,58,62,68-69,72,75-76,78H,18,20,22-25,29,33,35-36,41H2,1-4H3. The van der Waals surface area contributed by atoms with Crippen LogP contribution in [0.5, 0.6) is 34.5 Å². The Labute approximate surface area is 472 Å². The van der Waals surface area contributed by atoms with Gasteiger partial charge >= 0.3 is 5.97 Å². The van der Waals surface area contributed by atoms with Crippen LogP contribution in [0, 0.1) is 11.3 Å². The van der Waals surface area contributed by atoms with Crippen LogP contribution in [0.25, 0.3) is 10.8 Å². The minimum absolute atomic E-state index is 0.000364. The molecule has 81 heavy (non-hydrogen) atoms. The van der Waals surface area contributed by atoms with Crippen LogP contribution >= 0.6 is 0 Å². The number of hydrogen-bond acceptors (Lipinski definition) is 12. The lowest BCUT2D eigenvalue weighted by Crippen LogP contribution is -2.35. The number of benzene rings is 5. The third kappa shape index (κ3) is 12.7. The number of aliphatic hydroxyl groups is 1. The number of hydrogen-bond donors (Lipinski definition) is 6. The maximum absolute atomic E-state index is 15.0. The van der Waals surface area contributed by atoms with Gasteiger partial charge in [-0.1, -0.05) is 85.8 Å². The van der Waals surface area contributed by atoms with Gasteiger partial charge in [-0.15, -0.1) is 0 Å². The van der Waals surface area contributed by atoms with Crippen molar-refractivity contribution in [2.24, 2.45) is 11.3 Å². The van der Waals surface area contributed by atoms with Crippen LogP contribution in [-0.2, 0) is 45.0 Å². The number of aromatic amines is 1. The Kier molecular flexibility index (Phi) is 16.7. The fourth-order valence-corrected chi connectivity index (χ4v) is 12.0. The number of carbonyl (C=O) groups is 3. The summed E-state index contributed by atoms with van der Waals surface area (Å²) in [6.45, 7) is 5.62. The molecule has 7 aromatic rings. The van der Waals surface area contributed by atoms with Crippen molar-refractivity contribution in [1.29, 1.82) is 0 Å². The van der Waals surface area contributed by atoms with Crippen LogP contribution in [0.2, 0.25) is 0 Å². The number of phenolic OH excluding ortho intramolecular Hbond substituents is 3. The Morgan fingerprint density at radius 3 is 2.41 bits per heavy atom. The van der Waals surface area contributed by atoms with E-state index in [0.29, 0.717) is 61.7 Å². The quantitative estimate of drug-likeness (QED) is 0.0635. The molecule has 5 unspecified atom stereocenters. The summed E-state index contributed by atoms with van der Waals surface area (Å²) in [6, 6.07) is 28.4. The van der Waals surface area contributed by atoms with E-state index in [0.717, 1.165) is 50.3 Å². The molecule has 0 saturated heterocycles. The first kappa shape index (κ1) is 55.6. The number of carbonyl (C=O) groups excluding carboxylic acids is 3. The fraction of sp³-hybridized carbons (Fsp3) is 0.299. The van der Waals surface area contributed by atoms with Crippen molar-refractivity contribution >= 4 is 34.0 Å². The van der Waals surface area contributed by atoms with Crippen LogP contribution in [0.3, 0.4) is 0 Å². The zero-order chi connectivity index (χ0) is 56.8. The number of aliphatic hydroxyl groups excluding tert-OH is 1. The molecule has 4 heterocycles. The number of H-pyrrole nitrogens is 1. The summed E-state index contributed by atoms with van der Waals surface area (Å²) in [5.74, 6) is 0.231. The van der Waals surface area contributed by atoms with Gasteiger partial charge in [0.15, 0.2) is 11.5 Å². The first-order chi connectivity index (χ1) is 39.1. The fourth-order valence-electron chi connectivity index (χ4n) is 12.0. The summed E-state index contributed by atoms with van der Waals surface area (Å²) < 4.78 is 20.3. The van der Waals surface area contributed by atoms with Crippen LogP contribution in [0.15, 0.2) is 170 Å². The minimum atomic E-state index is -0.802. The van der Waals surface area contributed by atoms with E-state index in [1.165, 1.54) is 20.1 Å². The molecular weight excluding hydrogens is 1020 g/mol. The largest absolute Gasteiger partial charge is 0.508 e. The lowest BCUT2D eigenvalue weighted by atomic mass is 9.66. The van der Waals surface area contributed by atoms with Crippen LogP contribution in [0.1, 0.15) is 104 Å². The number of aromatic hydroxyl groups is 3. The van der Waals surface area contributed by atoms with Gasteiger partial charge in [0.2, 0.25) is 5.75 Å². The zero-order valence-electron chi connectivity index (χ0n) is 46.2. The number of nitrogens with one attached hydrogen (secondary N) is 2. The molecule has 0 amide bonds. The van der Waals surface area contributed by atoms with Crippen molar-refractivity contribution in [2.45, 2.75) is 96.8 Å². The summed E-state index contributed by atoms with van der Waals surface area (Å²) in [7, 11) is 1.46. The first-order valence-corrected chi connectivity index (χ1v) is 27.8. The van der Waals surface area contributed by atoms with Crippen LogP contribution < -0.4 is 19.7 Å². The zero-order valence-corrected chi connectivity index (χ0v) is 46.2. The third-order valence-electron chi connectivity index (χ3n) is 16.3. The second-order valence-corrected chi connectivity index (χ2v) is 21.9. The van der Waals surface area contributed by atoms with E-state index in [9.17, 15) is 30.0 Å². The number of ketones is 2. The topological polar surface area (TPSA) is 196 Å². The average molecular weight is 1090 g/mol. The minimum Gasteiger partial charge on any atom is -0.508 e. The molecule has 5 aromatic carbocycles. The smallest absolute Gasteiger partial charge is 0.302 e. The lowest BCUT2D eigenvalue weighted by molar-refractivity contribution is -0.148. The highest BCUT2D eigenvalue weighted by molar-refractivity contribution is 5.97. The van der Waals surface area contributed by atoms with E-state index in [1.807, 2.05) is 77.6 Å². The number of rotatable bonds is 12. The van der Waals surface area contributed by atoms with Gasteiger partial charge in [-0.3, -0.25) is 14.4 Å². The molecule has 14 heteroatoms. The Morgan fingerprint density at radius 2 is 1.64 bits per heavy atom. The molecule has 5 atom stereocenters. The van der Waals surface area contributed by atoms with E-state index in [4.69, 9.17) is 14.2 Å². The summed E-state index contributed by atoms with van der Waals surface area (Å²) in [4.78, 5) is 46.4. The highest BCUT2D eigenvalue weighted by Gasteiger charge is 2.37. The van der Waals surface area contributed by atoms with Crippen molar-refractivity contribution < 1.29 is 49.0 Å². The number of methoxy groups -OCH3 is 1. The van der Waals surface area contributed by atoms with Gasteiger partial charge in [0, 0.05) is 86.8 Å². The molecule has 418 valence electrons. The molecule has 2 aliphatic heterocycles. The van der Waals surface area contributed by atoms with Gasteiger partial charge in [-0.2, -0.15) is 0 Å². The molecule has 10 rings (SSSR count). The highest BCUT2D eigenvalue weighted by Crippen LogP contribution is 2.47. The molecule has 1 aliphatic carbocycles. The molecule has 6 N–H and O–H groups in total. The predicted molar refractivity (Wildman–Crippen MR) is 313 cm³/mol. The Balaban J connectivity index is 1.12. The normalized spacial score (nSPS) is 20.5. The van der Waals surface area contributed by atoms with E-state index in [1.54, 1.807) is 37.3 Å². The van der Waals surface area contributed by atoms with Gasteiger partial charge in [0.25, 0.3) is 0 Å². The van der Waals surface area contributed by atoms with Gasteiger partial charge in [0.1, 0.15) is 40.7 Å². The summed E-state index contributed by atoms with van der Waals surface area (Å²) in [5.41, 5.74) is 7.46. The number of dihydropyridines is 1. The van der Waals surface area contributed by atoms with Crippen LogP contribution in [0.4, 0.5) is 5.69 Å². The monoisotopic (exact) mass is 1090 g/mol. The number of esters is 1. The number of anilines is 1. The van der Waals surface area contributed by atoms with Crippen molar-refractivity contribution in [3.8, 4) is 34.5 Å². The number of phenols is 3. The van der Waals surface area contributed by atoms with Gasteiger partial charge in [0.05, 0.1) is 25.4 Å². The van der Waals surface area contributed by atoms with Crippen molar-refractivity contribution in [2.75, 3.05) is 25.1 Å². The summed E-state index contributed by atoms with van der Waals surface area (Å²) in [6.07, 6.45) is 22.9. The van der Waals surface area contributed by atoms with E-state index < -0.39 is 23.5 Å². The number of allylic oxidation sites excluding steroid dienone is 6. The molecule has 14 nitrogen and oxygen atoms in total. The van der Waals surface area contributed by atoms with Gasteiger partial charge in [-0.05, 0) is 143 Å². The number of aromatic nitrogens is 2. The Morgan fingerprint density at radius 1 is 0.827 bits per heavy atom. The second-order valence-electron chi connectivity index (χ2n) is 21.9. The van der Waals surface area contributed by atoms with Crippen LogP contribution in [-0.4, -0.2) is 73.8 Å². The number of ether oxygens (including phenoxy) is 3. The van der Waals surface area contributed by atoms with Gasteiger partial charge < -0.3 is 54.4 Å². The predicted octanol–water partition coefficient (Wildman–Crippen LogP) is 12.1. The number of nitrogens with zero attached hydrogens (tertiary/aromatic N) is 2. The molecule has 4 bridgehead atoms. The number of Topliss-reactive ketones (excluding diaryl/α,β-unsaturated/α-hetero) is 2. The van der Waals surface area contributed by atoms with Crippen molar-refractivity contribution in [1.82, 2.24) is 14.9 Å². The maximum atomic E-state index is 15.0. The average Bonchev–Trinajstić information content (AvgIpc) is 4.24. The van der Waals surface area contributed by atoms with Crippen molar-refractivity contribution in [3.63, 3.8) is 0 Å². The second kappa shape index (κ2) is 24.3. The third-order valence-corrected chi connectivity index (χ3v) is 16.3. The maximum Gasteiger partial charge on any atom is 0.302 e. The highest BCUT2D eigenvalue weighted by atomic mass is 16.5. The van der Waals surface area contributed by atoms with Crippen molar-refractivity contribution in [3.05, 3.63) is 209 Å². The summed E-state index contributed by atoms with van der Waals surface area (Å²) in [5, 5.41) is 49.8. The number of fused-ring (bicyclic) bond motifs is 3. The molecule has 0 radical (unpaired) electrons. The van der Waals surface area contributed by atoms with E-state index in [-0.39, 0.29) is 83.8 Å². The van der Waals surface area contributed by atoms with E-state index in [2.05, 4.69) is 71.0 Å². The summed E-state index contributed by atoms with van der Waals surface area (Å²) >= 11 is 0. The van der Waals surface area contributed by atoms with E-state index >= 15 is 4.79 Å². The molecule has 1 spiro atoms. The SMILES string of the molecule is COc1cc(C2CC(=O)CC(OC(C)=O)CCC3(C=CC=CC3C)Cc3c[nH]cc3CC(c3cccc(O)c3)C3=CCNC(=C3)N(CCC(C)=O)c3ccc(CO)c4cn2cc34)cc(O)c1Oc1cc(O)cc(Cc2ccccc2)c1. The molecular formula is C67H70N4O10. The molecule has 3 aliphatic rings. The van der Waals surface area contributed by atoms with Gasteiger partial charge in [-0.25, -0.2) is 0 Å². The molecule has 2 aromatic heterocycles. The molecule has 0 saturated carbocycles. The molecule has 0 fully saturated rings. The Hall–Kier alpha value is -8.75. The lowest BCUT2D eigenvalue weighted by Gasteiger charge is -2.38. The first-order valence-electron chi connectivity index (χ1n) is 27.8.